The molecular formula is C57H64Cl2N10O14. The molecule has 8 rings (SSSR count). The number of carboxylic acid groups (broad SMARTS) is 3. The molecule has 4 amide bonds. The molecule has 440 valence electrons. The van der Waals surface area contributed by atoms with E-state index in [9.17, 15) is 53.7 Å². The number of aldehydes is 1. The summed E-state index contributed by atoms with van der Waals surface area (Å²) >= 11 is 13.0. The van der Waals surface area contributed by atoms with E-state index >= 15 is 0 Å². The van der Waals surface area contributed by atoms with Gasteiger partial charge >= 0.3 is 17.9 Å². The Hall–Kier alpha value is -7.97. The van der Waals surface area contributed by atoms with Crippen molar-refractivity contribution in [3.8, 4) is 39.6 Å². The number of hydrogen-bond donors (Lipinski definition) is 6. The second kappa shape index (κ2) is 27.4. The third kappa shape index (κ3) is 16.0. The number of amides is 4. The number of halogens is 2. The van der Waals surface area contributed by atoms with Crippen molar-refractivity contribution in [3.63, 3.8) is 0 Å². The number of fused-ring (bicyclic) bond motifs is 3. The maximum Gasteiger partial charge on any atom is 0.335 e. The van der Waals surface area contributed by atoms with Crippen molar-refractivity contribution < 1.29 is 67.9 Å². The number of carbonyl (C=O) groups is 8. The molecule has 83 heavy (non-hydrogen) atoms. The van der Waals surface area contributed by atoms with Gasteiger partial charge in [-0.1, -0.05) is 35.3 Å². The highest BCUT2D eigenvalue weighted by Gasteiger charge is 2.39. The second-order valence-electron chi connectivity index (χ2n) is 20.8. The number of ether oxygens (including phenoxy) is 3. The summed E-state index contributed by atoms with van der Waals surface area (Å²) in [6.07, 6.45) is 0.151. The quantitative estimate of drug-likeness (QED) is 0.0576. The summed E-state index contributed by atoms with van der Waals surface area (Å²) in [6.45, 7) is 6.40. The molecule has 4 heterocycles. The van der Waals surface area contributed by atoms with Crippen molar-refractivity contribution in [3.05, 3.63) is 99.7 Å². The maximum absolute atomic E-state index is 14.4. The first kappa shape index (κ1) is 61.1. The number of aromatic nitrogens is 2. The van der Waals surface area contributed by atoms with Crippen molar-refractivity contribution in [2.45, 2.75) is 38.8 Å². The molecule has 0 radical (unpaired) electrons. The summed E-state index contributed by atoms with van der Waals surface area (Å²) in [7, 11) is 1.52. The van der Waals surface area contributed by atoms with Gasteiger partial charge in [-0.2, -0.15) is 5.10 Å². The van der Waals surface area contributed by atoms with Crippen molar-refractivity contribution in [2.24, 2.45) is 0 Å². The normalized spacial score (nSPS) is 16.2. The van der Waals surface area contributed by atoms with Crippen molar-refractivity contribution in [2.75, 3.05) is 121 Å². The Morgan fingerprint density at radius 3 is 1.83 bits per heavy atom. The molecule has 5 aromatic rings. The average molecular weight is 1180 g/mol. The fourth-order valence-electron chi connectivity index (χ4n) is 10.1. The fourth-order valence-corrected chi connectivity index (χ4v) is 10.6. The molecule has 2 fully saturated rings. The van der Waals surface area contributed by atoms with Crippen LogP contribution in [-0.2, 0) is 40.1 Å². The first-order valence-electron chi connectivity index (χ1n) is 26.6. The smallest absolute Gasteiger partial charge is 0.335 e. The number of benzene rings is 4. The highest BCUT2D eigenvalue weighted by Crippen LogP contribution is 2.47. The highest BCUT2D eigenvalue weighted by atomic mass is 35.5. The lowest BCUT2D eigenvalue weighted by Crippen LogP contribution is -2.55. The molecule has 26 heteroatoms. The Balaban J connectivity index is 0.941. The number of anilines is 3. The lowest BCUT2D eigenvalue weighted by atomic mass is 9.95. The van der Waals surface area contributed by atoms with Gasteiger partial charge in [0.15, 0.2) is 5.69 Å². The van der Waals surface area contributed by atoms with Gasteiger partial charge in [0.25, 0.3) is 5.91 Å². The second-order valence-corrected chi connectivity index (χ2v) is 21.7. The third-order valence-electron chi connectivity index (χ3n) is 14.2. The number of aliphatic carboxylic acids is 2. The average Bonchev–Trinajstić information content (AvgIpc) is 2.18. The van der Waals surface area contributed by atoms with Gasteiger partial charge in [0.05, 0.1) is 69.0 Å². The molecule has 1 aromatic heterocycles. The van der Waals surface area contributed by atoms with Crippen LogP contribution in [0.25, 0.3) is 28.1 Å². The maximum atomic E-state index is 14.4. The van der Waals surface area contributed by atoms with Crippen LogP contribution in [0.5, 0.6) is 11.5 Å². The number of morpholine rings is 1. The molecule has 4 aromatic carbocycles. The molecular weight excluding hydrogens is 1120 g/mol. The van der Waals surface area contributed by atoms with Gasteiger partial charge < -0.3 is 55.2 Å². The predicted molar refractivity (Wildman–Crippen MR) is 307 cm³/mol. The monoisotopic (exact) mass is 1180 g/mol. The van der Waals surface area contributed by atoms with Gasteiger partial charge in [-0.3, -0.25) is 48.4 Å². The molecule has 0 aliphatic carbocycles. The van der Waals surface area contributed by atoms with E-state index in [4.69, 9.17) is 42.5 Å². The van der Waals surface area contributed by atoms with E-state index in [2.05, 4.69) is 16.0 Å². The fraction of sp³-hybridized carbons (Fsp3) is 0.386. The van der Waals surface area contributed by atoms with Crippen LogP contribution < -0.4 is 25.4 Å². The predicted octanol–water partition coefficient (Wildman–Crippen LogP) is 5.25. The summed E-state index contributed by atoms with van der Waals surface area (Å²) < 4.78 is 19.5. The molecule has 0 saturated carbocycles. The lowest BCUT2D eigenvalue weighted by molar-refractivity contribution is -0.140. The molecule has 0 spiro atoms. The first-order chi connectivity index (χ1) is 39.7. The van der Waals surface area contributed by atoms with Gasteiger partial charge in [0.1, 0.15) is 24.4 Å². The topological polar surface area (TPSA) is 295 Å². The van der Waals surface area contributed by atoms with Crippen molar-refractivity contribution in [1.29, 1.82) is 0 Å². The summed E-state index contributed by atoms with van der Waals surface area (Å²) in [6, 6.07) is 19.4. The minimum absolute atomic E-state index is 0.0195. The summed E-state index contributed by atoms with van der Waals surface area (Å²) in [5.41, 5.74) is 3.27. The number of carboxylic acids is 3. The largest absolute Gasteiger partial charge is 0.496 e. The van der Waals surface area contributed by atoms with Crippen LogP contribution in [0.15, 0.2) is 72.8 Å². The Morgan fingerprint density at radius 2 is 1.27 bits per heavy atom. The Kier molecular flexibility index (Phi) is 20.2. The molecule has 24 nitrogen and oxygen atoms in total. The van der Waals surface area contributed by atoms with Crippen LogP contribution in [0, 0.1) is 0 Å². The zero-order chi connectivity index (χ0) is 59.5. The van der Waals surface area contributed by atoms with Gasteiger partial charge in [-0.15, -0.1) is 0 Å². The van der Waals surface area contributed by atoms with E-state index < -0.39 is 41.2 Å². The number of nitrogens with one attached hydrogen (secondary N) is 3. The lowest BCUT2D eigenvalue weighted by Gasteiger charge is -2.41. The van der Waals surface area contributed by atoms with E-state index in [1.807, 2.05) is 30.9 Å². The number of hydrogen-bond acceptors (Lipinski definition) is 16. The minimum Gasteiger partial charge on any atom is -0.496 e. The molecule has 2 saturated heterocycles. The van der Waals surface area contributed by atoms with Crippen LogP contribution in [0.3, 0.4) is 0 Å². The Morgan fingerprint density at radius 1 is 0.687 bits per heavy atom. The molecule has 3 aliphatic heterocycles. The van der Waals surface area contributed by atoms with Crippen LogP contribution in [0.4, 0.5) is 17.1 Å². The molecule has 0 unspecified atom stereocenters. The molecule has 0 atom stereocenters. The van der Waals surface area contributed by atoms with Crippen LogP contribution in [0.2, 0.25) is 10.0 Å². The SMILES string of the molecule is COc1cc2c(cc1-c1cccc(NC(=O)CCC(=O)Nc3cc(NC(=O)CN4CCN(CC=O)CCN(CC(=O)O)CCN(CC(=O)O)CC4)cc(C(=O)O)c3)c1)-c1c(c(C(=O)N3CCOCC3(C)C)nn1-c1cc(Cl)cc(Cl)c1)CO2. The molecule has 3 aliphatic rings. The van der Waals surface area contributed by atoms with Crippen LogP contribution in [0.1, 0.15) is 53.1 Å². The summed E-state index contributed by atoms with van der Waals surface area (Å²) in [5, 5.41) is 42.8. The number of aromatic carboxylic acids is 1. The van der Waals surface area contributed by atoms with E-state index in [1.54, 1.807) is 66.7 Å². The number of methoxy groups -OCH3 is 1. The highest BCUT2D eigenvalue weighted by molar-refractivity contribution is 6.35. The standard InChI is InChI=1S/C57H64Cl2N10O14/c1-57(2)34-82-20-18-68(57)55(78)53-45-33-83-47-29-46(81-3)43(28-44(47)54(45)69(63-53)42-25-37(58)24-38(59)26-42)35-5-4-6-39(21-35)60-48(71)7-8-49(72)61-40-22-36(56(79)80)23-41(27-40)62-50(73)30-65-11-9-64(17-19-70)10-12-66(31-51(74)75)15-16-67(14-13-65)32-52(76)77/h4-6,19,21-29H,7-18,20,30-34H2,1-3H3,(H,60,71)(H,61,72)(H,62,73)(H,74,75)(H,76,77)(H,79,80). The Labute approximate surface area is 487 Å². The number of carbonyl (C=O) groups excluding carboxylic acids is 5. The first-order valence-corrected chi connectivity index (χ1v) is 27.4. The number of rotatable bonds is 19. The van der Waals surface area contributed by atoms with Crippen LogP contribution in [-0.4, -0.2) is 208 Å². The van der Waals surface area contributed by atoms with E-state index in [1.165, 1.54) is 25.3 Å². The zero-order valence-corrected chi connectivity index (χ0v) is 47.5. The van der Waals surface area contributed by atoms with Crippen molar-refractivity contribution >= 4 is 88.1 Å². The van der Waals surface area contributed by atoms with Gasteiger partial charge in [-0.05, 0) is 74.0 Å². The van der Waals surface area contributed by atoms with E-state index in [-0.39, 0.29) is 107 Å². The molecule has 0 bridgehead atoms. The van der Waals surface area contributed by atoms with Gasteiger partial charge in [-0.25, -0.2) is 9.48 Å². The van der Waals surface area contributed by atoms with E-state index in [0.717, 1.165) is 6.29 Å². The van der Waals surface area contributed by atoms with Crippen molar-refractivity contribution in [1.82, 2.24) is 34.3 Å². The van der Waals surface area contributed by atoms with Crippen LogP contribution >= 0.6 is 23.2 Å². The minimum atomic E-state index is -1.34. The van der Waals surface area contributed by atoms with Gasteiger partial charge in [0, 0.05) is 122 Å². The zero-order valence-electron chi connectivity index (χ0n) is 46.0. The Bertz CT molecular complexity index is 3280. The summed E-state index contributed by atoms with van der Waals surface area (Å²) in [5.74, 6) is -4.53. The van der Waals surface area contributed by atoms with E-state index in [0.29, 0.717) is 100 Å². The summed E-state index contributed by atoms with van der Waals surface area (Å²) in [4.78, 5) is 111. The van der Waals surface area contributed by atoms with Gasteiger partial charge in [0.2, 0.25) is 17.7 Å². The molecule has 6 N–H and O–H groups in total. The third-order valence-corrected chi connectivity index (χ3v) is 14.7. The number of nitrogens with zero attached hydrogens (tertiary/aromatic N) is 7.